The predicted molar refractivity (Wildman–Crippen MR) is 24.5 cm³/mol. The van der Waals surface area contributed by atoms with E-state index in [1.807, 2.05) is 0 Å². The first-order valence-electron chi connectivity index (χ1n) is 1.74. The van der Waals surface area contributed by atoms with Crippen LogP contribution in [0.5, 0.6) is 0 Å². The molecule has 0 nitrogen and oxygen atoms in total. The topological polar surface area (TPSA) is 0 Å². The van der Waals surface area contributed by atoms with Crippen LogP contribution in [0, 0.1) is 0 Å². The Morgan fingerprint density at radius 3 is 1.71 bits per heavy atom. The lowest BCUT2D eigenvalue weighted by Crippen LogP contribution is -2.06. The molecule has 0 radical (unpaired) electrons. The Morgan fingerprint density at radius 1 is 1.29 bits per heavy atom. The first-order chi connectivity index (χ1) is 3.06. The lowest BCUT2D eigenvalue weighted by atomic mass is 10.5. The molecule has 0 heterocycles. The highest BCUT2D eigenvalue weighted by atomic mass is 32.1. The summed E-state index contributed by atoms with van der Waals surface area (Å²) in [5, 5.41) is 0. The fourth-order valence-electron chi connectivity index (χ4n) is 0.127. The van der Waals surface area contributed by atoms with Gasteiger partial charge in [0.15, 0.2) is 0 Å². The number of thiol groups is 1. The molecule has 0 aliphatic carbocycles. The summed E-state index contributed by atoms with van der Waals surface area (Å²) in [5.41, 5.74) is 0. The summed E-state index contributed by atoms with van der Waals surface area (Å²) in [6.45, 7) is 0. The number of alkyl halides is 3. The van der Waals surface area contributed by atoms with Crippen molar-refractivity contribution >= 4 is 12.6 Å². The normalized spacial score (nSPS) is 12.0. The molecule has 7 heavy (non-hydrogen) atoms. The van der Waals surface area contributed by atoms with Crippen molar-refractivity contribution in [3.8, 4) is 0 Å². The molecule has 0 saturated carbocycles. The van der Waals surface area contributed by atoms with Crippen molar-refractivity contribution < 1.29 is 13.2 Å². The van der Waals surface area contributed by atoms with E-state index in [4.69, 9.17) is 0 Å². The van der Waals surface area contributed by atoms with Crippen LogP contribution in [0.3, 0.4) is 0 Å². The number of halogens is 3. The maximum absolute atomic E-state index is 11.0. The highest BCUT2D eigenvalue weighted by Gasteiger charge is 2.24. The fraction of sp³-hybridized carbons (Fsp3) is 1.00. The van der Waals surface area contributed by atoms with Crippen LogP contribution < -0.4 is 0 Å². The van der Waals surface area contributed by atoms with E-state index < -0.39 is 12.6 Å². The molecule has 44 valence electrons. The van der Waals surface area contributed by atoms with Gasteiger partial charge in [-0.15, -0.1) is 0 Å². The molecule has 0 rings (SSSR count). The summed E-state index contributed by atoms with van der Waals surface area (Å²) in [6, 6.07) is 0. The Balaban J connectivity index is 3.15. The zero-order chi connectivity index (χ0) is 5.91. The van der Waals surface area contributed by atoms with Crippen molar-refractivity contribution in [1.29, 1.82) is 0 Å². The molecule has 0 spiro atoms. The standard InChI is InChI=1S/C3H5F3S/c4-3(5,6)1-2-7/h7H,1-2H2. The minimum absolute atomic E-state index is 0.122. The third-order valence-corrected chi connectivity index (χ3v) is 0.619. The maximum Gasteiger partial charge on any atom is 0.389 e. The first kappa shape index (κ1) is 7.14. The van der Waals surface area contributed by atoms with Gasteiger partial charge in [-0.25, -0.2) is 0 Å². The molecule has 0 fully saturated rings. The first-order valence-corrected chi connectivity index (χ1v) is 2.37. The zero-order valence-corrected chi connectivity index (χ0v) is 4.39. The Labute approximate surface area is 45.1 Å². The van der Waals surface area contributed by atoms with Gasteiger partial charge in [-0.3, -0.25) is 0 Å². The van der Waals surface area contributed by atoms with Gasteiger partial charge >= 0.3 is 6.18 Å². The molecule has 0 aliphatic rings. The lowest BCUT2D eigenvalue weighted by Gasteiger charge is -1.99. The van der Waals surface area contributed by atoms with Crippen LogP contribution in [0.25, 0.3) is 0 Å². The molecule has 0 unspecified atom stereocenters. The third kappa shape index (κ3) is 6.14. The maximum atomic E-state index is 11.0. The molecule has 0 N–H and O–H groups in total. The Kier molecular flexibility index (Phi) is 2.50. The molecule has 0 bridgehead atoms. The minimum Gasteiger partial charge on any atom is -0.179 e. The van der Waals surface area contributed by atoms with E-state index in [0.717, 1.165) is 0 Å². The summed E-state index contributed by atoms with van der Waals surface area (Å²) < 4.78 is 33.0. The van der Waals surface area contributed by atoms with Gasteiger partial charge in [0.1, 0.15) is 0 Å². The van der Waals surface area contributed by atoms with Crippen LogP contribution in [-0.4, -0.2) is 11.9 Å². The van der Waals surface area contributed by atoms with Gasteiger partial charge < -0.3 is 0 Å². The van der Waals surface area contributed by atoms with Crippen LogP contribution in [-0.2, 0) is 0 Å². The molecule has 0 aromatic carbocycles. The van der Waals surface area contributed by atoms with Gasteiger partial charge in [-0.2, -0.15) is 25.8 Å². The van der Waals surface area contributed by atoms with E-state index in [1.54, 1.807) is 0 Å². The fourth-order valence-corrected chi connectivity index (χ4v) is 0.380. The van der Waals surface area contributed by atoms with Crippen molar-refractivity contribution in [1.82, 2.24) is 0 Å². The largest absolute Gasteiger partial charge is 0.389 e. The molecule has 4 heteroatoms. The second-order valence-corrected chi connectivity index (χ2v) is 1.54. The summed E-state index contributed by atoms with van der Waals surface area (Å²) in [7, 11) is 0. The predicted octanol–water partition coefficient (Wildman–Crippen LogP) is 1.87. The summed E-state index contributed by atoms with van der Waals surface area (Å²) in [5.74, 6) is -0.122. The van der Waals surface area contributed by atoms with Gasteiger partial charge in [0.25, 0.3) is 0 Å². The van der Waals surface area contributed by atoms with Gasteiger partial charge in [0.2, 0.25) is 0 Å². The molecule has 0 amide bonds. The Morgan fingerprint density at radius 2 is 1.71 bits per heavy atom. The molecule has 0 aromatic rings. The van der Waals surface area contributed by atoms with Crippen molar-refractivity contribution in [3.05, 3.63) is 0 Å². The molecular weight excluding hydrogens is 125 g/mol. The van der Waals surface area contributed by atoms with E-state index in [1.165, 1.54) is 0 Å². The number of rotatable bonds is 1. The highest BCUT2D eigenvalue weighted by molar-refractivity contribution is 7.80. The van der Waals surface area contributed by atoms with Crippen LogP contribution in [0.1, 0.15) is 6.42 Å². The van der Waals surface area contributed by atoms with Crippen molar-refractivity contribution in [2.75, 3.05) is 5.75 Å². The van der Waals surface area contributed by atoms with Crippen molar-refractivity contribution in [2.24, 2.45) is 0 Å². The van der Waals surface area contributed by atoms with E-state index in [0.29, 0.717) is 0 Å². The zero-order valence-electron chi connectivity index (χ0n) is 3.50. The van der Waals surface area contributed by atoms with Crippen molar-refractivity contribution in [2.45, 2.75) is 12.6 Å². The highest BCUT2D eigenvalue weighted by Crippen LogP contribution is 2.19. The summed E-state index contributed by atoms with van der Waals surface area (Å²) in [4.78, 5) is 0. The van der Waals surface area contributed by atoms with Gasteiger partial charge in [0, 0.05) is 0 Å². The minimum atomic E-state index is -4.03. The molecule has 0 aliphatic heterocycles. The van der Waals surface area contributed by atoms with Crippen LogP contribution in [0.4, 0.5) is 13.2 Å². The van der Waals surface area contributed by atoms with E-state index in [9.17, 15) is 13.2 Å². The van der Waals surface area contributed by atoms with Crippen LogP contribution >= 0.6 is 12.6 Å². The lowest BCUT2D eigenvalue weighted by molar-refractivity contribution is -0.129. The average Bonchev–Trinajstić information content (AvgIpc) is 1.30. The monoisotopic (exact) mass is 130 g/mol. The van der Waals surface area contributed by atoms with E-state index in [-0.39, 0.29) is 5.75 Å². The van der Waals surface area contributed by atoms with E-state index in [2.05, 4.69) is 12.6 Å². The average molecular weight is 130 g/mol. The van der Waals surface area contributed by atoms with Gasteiger partial charge in [-0.1, -0.05) is 0 Å². The second-order valence-electron chi connectivity index (χ2n) is 1.09. The molecular formula is C3H5F3S. The molecule has 0 atom stereocenters. The molecule has 0 aromatic heterocycles. The third-order valence-electron chi connectivity index (χ3n) is 0.395. The van der Waals surface area contributed by atoms with Gasteiger partial charge in [0.05, 0.1) is 6.42 Å². The van der Waals surface area contributed by atoms with Gasteiger partial charge in [-0.05, 0) is 5.75 Å². The molecule has 0 saturated heterocycles. The summed E-state index contributed by atoms with van der Waals surface area (Å²) >= 11 is 3.39. The summed E-state index contributed by atoms with van der Waals surface area (Å²) in [6.07, 6.45) is -4.82. The van der Waals surface area contributed by atoms with E-state index >= 15 is 0 Å². The number of hydrogen-bond acceptors (Lipinski definition) is 1. The SMILES string of the molecule is FC(F)(F)CCS. The Hall–Kier alpha value is 0.140. The van der Waals surface area contributed by atoms with Crippen LogP contribution in [0.2, 0.25) is 0 Å². The Bertz CT molecular complexity index is 48.6. The van der Waals surface area contributed by atoms with Crippen LogP contribution in [0.15, 0.2) is 0 Å². The quantitative estimate of drug-likeness (QED) is 0.514. The smallest absolute Gasteiger partial charge is 0.179 e. The van der Waals surface area contributed by atoms with Crippen molar-refractivity contribution in [3.63, 3.8) is 0 Å². The second kappa shape index (κ2) is 2.45. The number of hydrogen-bond donors (Lipinski definition) is 1.